The van der Waals surface area contributed by atoms with Gasteiger partial charge in [-0.25, -0.2) is 0 Å². The molecule has 2 atom stereocenters. The number of nitrogens with one attached hydrogen (secondary N) is 1. The van der Waals surface area contributed by atoms with E-state index in [-0.39, 0.29) is 0 Å². The molecule has 0 aliphatic carbocycles. The Balaban J connectivity index is 2.23. The zero-order chi connectivity index (χ0) is 15.2. The molecule has 1 heterocycles. The Kier molecular flexibility index (Phi) is 7.00. The maximum atomic E-state index is 6.11. The van der Waals surface area contributed by atoms with Crippen molar-refractivity contribution in [3.05, 3.63) is 33.3 Å². The summed E-state index contributed by atoms with van der Waals surface area (Å²) in [5, 5.41) is 4.41. The van der Waals surface area contributed by atoms with E-state index in [4.69, 9.17) is 11.6 Å². The molecule has 21 heavy (non-hydrogen) atoms. The molecule has 0 amide bonds. The predicted molar refractivity (Wildman–Crippen MR) is 95.0 cm³/mol. The van der Waals surface area contributed by atoms with Crippen molar-refractivity contribution in [3.8, 4) is 0 Å². The maximum absolute atomic E-state index is 6.11. The minimum atomic E-state index is 0.462. The SMILES string of the molecule is CCCNCC1CCCCN(C)C1c1ccc(Cl)cc1Br. The fourth-order valence-corrected chi connectivity index (χ4v) is 4.25. The van der Waals surface area contributed by atoms with Gasteiger partial charge in [0, 0.05) is 15.5 Å². The molecule has 1 saturated heterocycles. The molecule has 0 spiro atoms. The van der Waals surface area contributed by atoms with Crippen LogP contribution in [0.4, 0.5) is 0 Å². The molecule has 1 N–H and O–H groups in total. The molecule has 4 heteroatoms. The van der Waals surface area contributed by atoms with E-state index in [0.29, 0.717) is 12.0 Å². The van der Waals surface area contributed by atoms with Crippen molar-refractivity contribution < 1.29 is 0 Å². The molecule has 0 saturated carbocycles. The first-order valence-corrected chi connectivity index (χ1v) is 9.16. The Hall–Kier alpha value is -0.0900. The standard InChI is InChI=1S/C17H26BrClN2/c1-3-9-20-12-13-6-4-5-10-21(2)17(13)15-8-7-14(19)11-16(15)18/h7-8,11,13,17,20H,3-6,9-10,12H2,1-2H3. The van der Waals surface area contributed by atoms with Crippen LogP contribution in [0.3, 0.4) is 0 Å². The Labute approximate surface area is 142 Å². The fraction of sp³-hybridized carbons (Fsp3) is 0.647. The zero-order valence-corrected chi connectivity index (χ0v) is 15.4. The third-order valence-electron chi connectivity index (χ3n) is 4.37. The summed E-state index contributed by atoms with van der Waals surface area (Å²) in [6.07, 6.45) is 5.10. The molecule has 0 aromatic heterocycles. The lowest BCUT2D eigenvalue weighted by Gasteiger charge is -2.33. The lowest BCUT2D eigenvalue weighted by atomic mass is 9.89. The number of benzene rings is 1. The van der Waals surface area contributed by atoms with Crippen LogP contribution in [0, 0.1) is 5.92 Å². The van der Waals surface area contributed by atoms with Gasteiger partial charge in [0.2, 0.25) is 0 Å². The van der Waals surface area contributed by atoms with E-state index in [0.717, 1.165) is 22.6 Å². The molecule has 1 aromatic carbocycles. The number of nitrogens with zero attached hydrogens (tertiary/aromatic N) is 1. The van der Waals surface area contributed by atoms with Gasteiger partial charge < -0.3 is 5.32 Å². The first-order chi connectivity index (χ1) is 10.1. The van der Waals surface area contributed by atoms with Gasteiger partial charge in [-0.1, -0.05) is 46.9 Å². The van der Waals surface area contributed by atoms with E-state index in [1.165, 1.54) is 37.8 Å². The fourth-order valence-electron chi connectivity index (χ4n) is 3.34. The van der Waals surface area contributed by atoms with E-state index in [9.17, 15) is 0 Å². The van der Waals surface area contributed by atoms with Gasteiger partial charge in [-0.2, -0.15) is 0 Å². The smallest absolute Gasteiger partial charge is 0.0417 e. The third kappa shape index (κ3) is 4.69. The molecule has 1 fully saturated rings. The van der Waals surface area contributed by atoms with Crippen LogP contribution in [0.15, 0.2) is 22.7 Å². The van der Waals surface area contributed by atoms with Gasteiger partial charge in [-0.3, -0.25) is 4.90 Å². The second-order valence-electron chi connectivity index (χ2n) is 6.05. The monoisotopic (exact) mass is 372 g/mol. The van der Waals surface area contributed by atoms with E-state index in [1.54, 1.807) is 0 Å². The van der Waals surface area contributed by atoms with Crippen LogP contribution in [0.2, 0.25) is 5.02 Å². The second kappa shape index (κ2) is 8.52. The predicted octanol–water partition coefficient (Wildman–Crippen LogP) is 4.88. The number of likely N-dealkylation sites (tertiary alicyclic amines) is 1. The number of halogens is 2. The molecule has 2 nitrogen and oxygen atoms in total. The van der Waals surface area contributed by atoms with E-state index in [2.05, 4.69) is 46.2 Å². The number of rotatable bonds is 5. The van der Waals surface area contributed by atoms with Crippen molar-refractivity contribution in [3.63, 3.8) is 0 Å². The first-order valence-electron chi connectivity index (χ1n) is 7.99. The van der Waals surface area contributed by atoms with Crippen molar-refractivity contribution in [1.29, 1.82) is 0 Å². The van der Waals surface area contributed by atoms with Crippen molar-refractivity contribution in [2.24, 2.45) is 5.92 Å². The molecule has 1 aliphatic rings. The normalized spacial score (nSPS) is 24.0. The molecular weight excluding hydrogens is 348 g/mol. The van der Waals surface area contributed by atoms with E-state index in [1.807, 2.05) is 12.1 Å². The zero-order valence-electron chi connectivity index (χ0n) is 13.0. The molecule has 2 rings (SSSR count). The largest absolute Gasteiger partial charge is 0.316 e. The Bertz CT molecular complexity index is 452. The van der Waals surface area contributed by atoms with Gasteiger partial charge in [0.1, 0.15) is 0 Å². The Morgan fingerprint density at radius 2 is 2.19 bits per heavy atom. The van der Waals surface area contributed by atoms with Crippen LogP contribution in [-0.2, 0) is 0 Å². The van der Waals surface area contributed by atoms with Crippen LogP contribution in [0.1, 0.15) is 44.2 Å². The summed E-state index contributed by atoms with van der Waals surface area (Å²) in [4.78, 5) is 2.51. The molecule has 2 unspecified atom stereocenters. The minimum Gasteiger partial charge on any atom is -0.316 e. The van der Waals surface area contributed by atoms with Gasteiger partial charge in [0.05, 0.1) is 0 Å². The average Bonchev–Trinajstić information content (AvgIpc) is 2.62. The molecule has 0 bridgehead atoms. The van der Waals surface area contributed by atoms with Crippen molar-refractivity contribution >= 4 is 27.5 Å². The molecular formula is C17H26BrClN2. The van der Waals surface area contributed by atoms with Crippen LogP contribution in [-0.4, -0.2) is 31.6 Å². The van der Waals surface area contributed by atoms with Gasteiger partial charge in [-0.15, -0.1) is 0 Å². The Morgan fingerprint density at radius 1 is 1.38 bits per heavy atom. The summed E-state index contributed by atoms with van der Waals surface area (Å²) in [6, 6.07) is 6.68. The first kappa shape index (κ1) is 17.3. The average molecular weight is 374 g/mol. The van der Waals surface area contributed by atoms with Crippen molar-refractivity contribution in [2.75, 3.05) is 26.7 Å². The summed E-state index contributed by atoms with van der Waals surface area (Å²) in [5.74, 6) is 0.654. The summed E-state index contributed by atoms with van der Waals surface area (Å²) in [5.41, 5.74) is 1.37. The van der Waals surface area contributed by atoms with Gasteiger partial charge in [0.25, 0.3) is 0 Å². The van der Waals surface area contributed by atoms with E-state index >= 15 is 0 Å². The number of hydrogen-bond acceptors (Lipinski definition) is 2. The van der Waals surface area contributed by atoms with Crippen LogP contribution in [0.25, 0.3) is 0 Å². The van der Waals surface area contributed by atoms with Crippen LogP contribution < -0.4 is 5.32 Å². The van der Waals surface area contributed by atoms with Crippen molar-refractivity contribution in [2.45, 2.75) is 38.6 Å². The van der Waals surface area contributed by atoms with Crippen LogP contribution >= 0.6 is 27.5 Å². The molecule has 1 aliphatic heterocycles. The molecule has 118 valence electrons. The minimum absolute atomic E-state index is 0.462. The van der Waals surface area contributed by atoms with E-state index < -0.39 is 0 Å². The highest BCUT2D eigenvalue weighted by Crippen LogP contribution is 2.38. The highest BCUT2D eigenvalue weighted by atomic mass is 79.9. The lowest BCUT2D eigenvalue weighted by molar-refractivity contribution is 0.188. The highest BCUT2D eigenvalue weighted by molar-refractivity contribution is 9.10. The summed E-state index contributed by atoms with van der Waals surface area (Å²) < 4.78 is 1.13. The number of hydrogen-bond donors (Lipinski definition) is 1. The third-order valence-corrected chi connectivity index (χ3v) is 5.29. The van der Waals surface area contributed by atoms with Crippen LogP contribution in [0.5, 0.6) is 0 Å². The molecule has 1 aromatic rings. The topological polar surface area (TPSA) is 15.3 Å². The Morgan fingerprint density at radius 3 is 2.90 bits per heavy atom. The van der Waals surface area contributed by atoms with Gasteiger partial charge >= 0.3 is 0 Å². The highest BCUT2D eigenvalue weighted by Gasteiger charge is 2.30. The summed E-state index contributed by atoms with van der Waals surface area (Å²) in [7, 11) is 2.25. The maximum Gasteiger partial charge on any atom is 0.0417 e. The summed E-state index contributed by atoms with van der Waals surface area (Å²) >= 11 is 9.82. The molecule has 0 radical (unpaired) electrons. The van der Waals surface area contributed by atoms with Crippen molar-refractivity contribution in [1.82, 2.24) is 10.2 Å². The second-order valence-corrected chi connectivity index (χ2v) is 7.34. The lowest BCUT2D eigenvalue weighted by Crippen LogP contribution is -2.35. The quantitative estimate of drug-likeness (QED) is 0.740. The van der Waals surface area contributed by atoms with Gasteiger partial charge in [-0.05, 0) is 69.6 Å². The van der Waals surface area contributed by atoms with Gasteiger partial charge in [0.15, 0.2) is 0 Å². The summed E-state index contributed by atoms with van der Waals surface area (Å²) in [6.45, 7) is 5.59.